The molecular weight excluding hydrogens is 288 g/mol. The Bertz CT molecular complexity index is 604. The second-order valence-electron chi connectivity index (χ2n) is 3.95. The lowest BCUT2D eigenvalue weighted by Gasteiger charge is -2.12. The van der Waals surface area contributed by atoms with Crippen molar-refractivity contribution in [2.75, 3.05) is 0 Å². The normalized spacial score (nSPS) is 8.73. The highest BCUT2D eigenvalue weighted by Crippen LogP contribution is 2.21. The molecule has 0 aromatic heterocycles. The van der Waals surface area contributed by atoms with Crippen molar-refractivity contribution in [2.45, 2.75) is 26.2 Å². The van der Waals surface area contributed by atoms with Gasteiger partial charge in [0.25, 0.3) is 0 Å². The van der Waals surface area contributed by atoms with Gasteiger partial charge in [-0.25, -0.2) is 0 Å². The summed E-state index contributed by atoms with van der Waals surface area (Å²) < 4.78 is 0. The van der Waals surface area contributed by atoms with Crippen LogP contribution in [0, 0.1) is 0 Å². The van der Waals surface area contributed by atoms with E-state index in [1.807, 2.05) is 0 Å². The van der Waals surface area contributed by atoms with E-state index in [0.717, 1.165) is 0 Å². The van der Waals surface area contributed by atoms with Crippen molar-refractivity contribution in [3.8, 4) is 0 Å². The van der Waals surface area contributed by atoms with E-state index in [9.17, 15) is 0 Å². The molecule has 0 saturated heterocycles. The van der Waals surface area contributed by atoms with Gasteiger partial charge in [-0.3, -0.25) is 0 Å². The monoisotopic (exact) mass is 298 g/mol. The van der Waals surface area contributed by atoms with Crippen LogP contribution in [0.15, 0.2) is 32.6 Å². The number of nitrogens with zero attached hydrogens (tertiary/aromatic N) is 12. The van der Waals surface area contributed by atoms with Crippen molar-refractivity contribution in [3.63, 3.8) is 0 Å². The average Bonchev–Trinajstić information content (AvgIpc) is 2.55. The topological polar surface area (TPSA) is 195 Å². The van der Waals surface area contributed by atoms with Crippen LogP contribution >= 0.6 is 0 Å². The van der Waals surface area contributed by atoms with Crippen LogP contribution in [0.3, 0.4) is 0 Å². The number of benzene rings is 1. The highest BCUT2D eigenvalue weighted by Gasteiger charge is 2.08. The predicted molar refractivity (Wildman–Crippen MR) is 77.8 cm³/mol. The van der Waals surface area contributed by atoms with Crippen molar-refractivity contribution in [1.82, 2.24) is 0 Å². The summed E-state index contributed by atoms with van der Waals surface area (Å²) in [5.41, 5.74) is 36.3. The fraction of sp³-hybridized carbons (Fsp3) is 0.400. The third-order valence-corrected chi connectivity index (χ3v) is 2.74. The van der Waals surface area contributed by atoms with Crippen molar-refractivity contribution >= 4 is 0 Å². The van der Waals surface area contributed by atoms with Gasteiger partial charge in [0.1, 0.15) is 0 Å². The zero-order valence-corrected chi connectivity index (χ0v) is 11.3. The molecule has 0 unspecified atom stereocenters. The van der Waals surface area contributed by atoms with Gasteiger partial charge < -0.3 is 0 Å². The summed E-state index contributed by atoms with van der Waals surface area (Å²) in [5, 5.41) is 13.9. The third kappa shape index (κ3) is 4.86. The molecule has 1 rings (SSSR count). The van der Waals surface area contributed by atoms with E-state index < -0.39 is 0 Å². The molecule has 0 bridgehead atoms. The van der Waals surface area contributed by atoms with Gasteiger partial charge in [0.2, 0.25) is 0 Å². The van der Waals surface area contributed by atoms with E-state index in [0.29, 0.717) is 22.3 Å². The van der Waals surface area contributed by atoms with Gasteiger partial charge in [0, 0.05) is 19.6 Å². The van der Waals surface area contributed by atoms with Gasteiger partial charge >= 0.3 is 0 Å². The molecule has 0 fully saturated rings. The number of azide groups is 4. The third-order valence-electron chi connectivity index (χ3n) is 2.74. The minimum absolute atomic E-state index is 0.0673. The molecule has 0 heterocycles. The lowest BCUT2D eigenvalue weighted by molar-refractivity contribution is 0.910. The maximum Gasteiger partial charge on any atom is 0.0513 e. The molecule has 0 spiro atoms. The summed E-state index contributed by atoms with van der Waals surface area (Å²) in [5.74, 6) is 0. The zero-order chi connectivity index (χ0) is 16.2. The standard InChI is InChI=1S/C10H10N12/c11-19-15-3-7-1-8(4-16-20-12)10(6-18-22-14)2-9(7)5-17-21-13/h1-2H,3-6H2. The van der Waals surface area contributed by atoms with Crippen molar-refractivity contribution in [3.05, 3.63) is 76.2 Å². The smallest absolute Gasteiger partial charge is 0.0513 e. The molecule has 0 aliphatic rings. The Labute approximate surface area is 123 Å². The number of rotatable bonds is 8. The van der Waals surface area contributed by atoms with Crippen molar-refractivity contribution < 1.29 is 0 Å². The molecular formula is C10H10N12. The molecule has 0 saturated carbocycles. The van der Waals surface area contributed by atoms with Crippen LogP contribution in [0.4, 0.5) is 0 Å². The second kappa shape index (κ2) is 9.38. The average molecular weight is 298 g/mol. The van der Waals surface area contributed by atoms with Gasteiger partial charge in [-0.2, -0.15) is 0 Å². The first-order valence-electron chi connectivity index (χ1n) is 5.93. The van der Waals surface area contributed by atoms with Crippen LogP contribution in [0.2, 0.25) is 0 Å². The lowest BCUT2D eigenvalue weighted by atomic mass is 9.98. The zero-order valence-electron chi connectivity index (χ0n) is 11.3. The quantitative estimate of drug-likeness (QED) is 0.356. The van der Waals surface area contributed by atoms with E-state index in [4.69, 9.17) is 22.1 Å². The first-order valence-corrected chi connectivity index (χ1v) is 5.93. The summed E-state index contributed by atoms with van der Waals surface area (Å²) in [7, 11) is 0. The van der Waals surface area contributed by atoms with Crippen molar-refractivity contribution in [1.29, 1.82) is 0 Å². The minimum atomic E-state index is 0.0673. The highest BCUT2D eigenvalue weighted by atomic mass is 15.1. The molecule has 0 atom stereocenters. The fourth-order valence-corrected chi connectivity index (χ4v) is 1.81. The molecule has 0 aliphatic heterocycles. The lowest BCUT2D eigenvalue weighted by Crippen LogP contribution is -2.00. The van der Waals surface area contributed by atoms with E-state index in [1.165, 1.54) is 0 Å². The molecule has 0 amide bonds. The van der Waals surface area contributed by atoms with Crippen molar-refractivity contribution in [2.24, 2.45) is 20.5 Å². The van der Waals surface area contributed by atoms with E-state index >= 15 is 0 Å². The molecule has 1 aromatic carbocycles. The minimum Gasteiger partial charge on any atom is -0.0893 e. The maximum atomic E-state index is 8.43. The maximum absolute atomic E-state index is 8.43. The van der Waals surface area contributed by atoms with Crippen LogP contribution in [-0.2, 0) is 26.2 Å². The Hall–Kier alpha value is -3.54. The van der Waals surface area contributed by atoms with E-state index in [1.54, 1.807) is 12.1 Å². The molecule has 12 nitrogen and oxygen atoms in total. The Morgan fingerprint density at radius 2 is 0.773 bits per heavy atom. The largest absolute Gasteiger partial charge is 0.0893 e. The van der Waals surface area contributed by atoms with Crippen LogP contribution < -0.4 is 0 Å². The molecule has 22 heavy (non-hydrogen) atoms. The van der Waals surface area contributed by atoms with E-state index in [-0.39, 0.29) is 26.2 Å². The molecule has 0 radical (unpaired) electrons. The van der Waals surface area contributed by atoms with Gasteiger partial charge in [0.05, 0.1) is 26.2 Å². The number of hydrogen-bond acceptors (Lipinski definition) is 4. The summed E-state index contributed by atoms with van der Waals surface area (Å²) in [6, 6.07) is 3.38. The van der Waals surface area contributed by atoms with Crippen LogP contribution in [0.1, 0.15) is 22.3 Å². The molecule has 0 N–H and O–H groups in total. The Morgan fingerprint density at radius 1 is 0.545 bits per heavy atom. The Balaban J connectivity index is 3.38. The molecule has 0 aliphatic carbocycles. The molecule has 110 valence electrons. The Kier molecular flexibility index (Phi) is 7.04. The fourth-order valence-electron chi connectivity index (χ4n) is 1.81. The highest BCUT2D eigenvalue weighted by molar-refractivity contribution is 5.39. The van der Waals surface area contributed by atoms with Gasteiger partial charge in [0.15, 0.2) is 0 Å². The predicted octanol–water partition coefficient (Wildman–Crippen LogP) is 4.93. The number of hydrogen-bond donors (Lipinski definition) is 0. The SMILES string of the molecule is [N-]=[N+]=NCc1cc(CN=[N+]=[N-])c(CN=[N+]=[N-])cc1CN=[N+]=[N-]. The van der Waals surface area contributed by atoms with Crippen LogP contribution in [0.25, 0.3) is 41.8 Å². The summed E-state index contributed by atoms with van der Waals surface area (Å²) in [6.45, 7) is 0.269. The molecule has 12 heteroatoms. The first kappa shape index (κ1) is 16.5. The molecule has 1 aromatic rings. The first-order chi connectivity index (χ1) is 10.8. The van der Waals surface area contributed by atoms with Crippen LogP contribution in [-0.4, -0.2) is 0 Å². The van der Waals surface area contributed by atoms with Crippen LogP contribution in [0.5, 0.6) is 0 Å². The van der Waals surface area contributed by atoms with Gasteiger partial charge in [-0.15, -0.1) is 0 Å². The summed E-state index contributed by atoms with van der Waals surface area (Å²) in [4.78, 5) is 10.8. The Morgan fingerprint density at radius 3 is 0.955 bits per heavy atom. The van der Waals surface area contributed by atoms with Gasteiger partial charge in [-0.1, -0.05) is 32.6 Å². The van der Waals surface area contributed by atoms with Gasteiger partial charge in [-0.05, 0) is 44.4 Å². The summed E-state index contributed by atoms with van der Waals surface area (Å²) >= 11 is 0. The summed E-state index contributed by atoms with van der Waals surface area (Å²) in [6.07, 6.45) is 0. The second-order valence-corrected chi connectivity index (χ2v) is 3.95. The van der Waals surface area contributed by atoms with E-state index in [2.05, 4.69) is 40.1 Å².